The van der Waals surface area contributed by atoms with E-state index < -0.39 is 11.9 Å². The van der Waals surface area contributed by atoms with Gasteiger partial charge in [-0.05, 0) is 146 Å². The minimum absolute atomic E-state index is 0.00653. The number of aliphatic carboxylic acids is 1. The standard InChI is InChI=1S/C14H16I2N2O4.C8H12O3.C6H3I2N2/c1-2-22-14(21)12(4-3-5-13(19)20)18-17-11-7-9(15)6-10(16)8-11;1-11-5-8(10)6-3-2-4-7(6)9;7-4-1-5(8)3-6(2-4)10-9/h4,6-8,17-18H,2-3,5H2,1H3,(H,19,20);10H,2-5H2,1H3;1-3H/q;;+1/p-1/b12-4+;;. The Morgan fingerprint density at radius 3 is 2.09 bits per heavy atom. The maximum absolute atomic E-state index is 11.8. The molecule has 0 spiro atoms. The van der Waals surface area contributed by atoms with E-state index in [-0.39, 0.29) is 43.3 Å². The fourth-order valence-electron chi connectivity index (χ4n) is 3.33. The van der Waals surface area contributed by atoms with Crippen LogP contribution in [0.3, 0.4) is 0 Å². The number of carboxylic acids is 1. The second-order valence-corrected chi connectivity index (χ2v) is 13.5. The molecule has 1 saturated carbocycles. The minimum Gasteiger partial charge on any atom is -0.874 e. The zero-order valence-electron chi connectivity index (χ0n) is 23.3. The number of hydrazine groups is 1. The Labute approximate surface area is 304 Å². The number of methoxy groups -OCH3 is 1. The molecule has 0 amide bonds. The molecule has 0 saturated heterocycles. The SMILES string of the molecule is CCOC(=O)/C(=C\CCC(=O)O)NNc1cc(I)cc(I)c1.COCC([O-])=C1CCCC1=O.N#[N+]c1cc(I)cc(I)c1. The molecule has 43 heavy (non-hydrogen) atoms. The van der Waals surface area contributed by atoms with Crippen molar-refractivity contribution in [1.82, 2.24) is 5.43 Å². The Balaban J connectivity index is 0.000000364. The number of nitrogens with zero attached hydrogens (tertiary/aromatic N) is 2. The lowest BCUT2D eigenvalue weighted by molar-refractivity contribution is -0.312. The number of hydrogen-bond acceptors (Lipinski definition) is 9. The van der Waals surface area contributed by atoms with E-state index in [4.69, 9.17) is 15.2 Å². The molecule has 2 aromatic carbocycles. The zero-order valence-corrected chi connectivity index (χ0v) is 31.9. The lowest BCUT2D eigenvalue weighted by atomic mass is 10.2. The van der Waals surface area contributed by atoms with E-state index in [1.54, 1.807) is 6.92 Å². The van der Waals surface area contributed by atoms with Crippen molar-refractivity contribution in [2.24, 2.45) is 0 Å². The third-order valence-electron chi connectivity index (χ3n) is 5.15. The number of Topliss-reactive ketones (excluding diaryl/α,β-unsaturated/α-hetero) is 1. The molecule has 2 aromatic rings. The van der Waals surface area contributed by atoms with Crippen LogP contribution in [0, 0.1) is 19.7 Å². The average molecular weight is 1040 g/mol. The lowest BCUT2D eigenvalue weighted by Crippen LogP contribution is -2.27. The summed E-state index contributed by atoms with van der Waals surface area (Å²) in [6, 6.07) is 11.5. The number of allylic oxidation sites excluding steroid dienone is 2. The number of nitrogens with one attached hydrogen (secondary N) is 2. The molecular formula is C28H30I4N4O7. The number of rotatable bonds is 10. The molecule has 1 fully saturated rings. The summed E-state index contributed by atoms with van der Waals surface area (Å²) < 4.78 is 13.9. The van der Waals surface area contributed by atoms with Crippen molar-refractivity contribution in [1.29, 1.82) is 5.39 Å². The van der Waals surface area contributed by atoms with Crippen molar-refractivity contribution in [3.05, 3.63) is 78.8 Å². The normalized spacial score (nSPS) is 13.4. The maximum atomic E-state index is 11.8. The largest absolute Gasteiger partial charge is 0.874 e. The van der Waals surface area contributed by atoms with Gasteiger partial charge in [-0.2, -0.15) is 0 Å². The first-order valence-corrected chi connectivity index (χ1v) is 17.0. The van der Waals surface area contributed by atoms with Crippen molar-refractivity contribution in [2.45, 2.75) is 39.0 Å². The number of carbonyl (C=O) groups is 3. The highest BCUT2D eigenvalue weighted by Crippen LogP contribution is 2.22. The quantitative estimate of drug-likeness (QED) is 0.0598. The van der Waals surface area contributed by atoms with Gasteiger partial charge in [0.25, 0.3) is 0 Å². The molecule has 0 unspecified atom stereocenters. The van der Waals surface area contributed by atoms with Crippen molar-refractivity contribution >= 4 is 119 Å². The van der Waals surface area contributed by atoms with Gasteiger partial charge in [0.2, 0.25) is 5.39 Å². The number of diazo groups is 1. The molecule has 1 aliphatic rings. The van der Waals surface area contributed by atoms with Crippen LogP contribution in [0.4, 0.5) is 11.4 Å². The van der Waals surface area contributed by atoms with Gasteiger partial charge in [-0.25, -0.2) is 4.79 Å². The predicted molar refractivity (Wildman–Crippen MR) is 195 cm³/mol. The molecule has 0 aliphatic heterocycles. The van der Waals surface area contributed by atoms with Gasteiger partial charge in [-0.3, -0.25) is 15.0 Å². The number of carboxylic acid groups (broad SMARTS) is 1. The summed E-state index contributed by atoms with van der Waals surface area (Å²) in [5.74, 6) is -1.58. The van der Waals surface area contributed by atoms with E-state index >= 15 is 0 Å². The van der Waals surface area contributed by atoms with Crippen LogP contribution in [0.25, 0.3) is 4.98 Å². The van der Waals surface area contributed by atoms with Crippen LogP contribution in [-0.2, 0) is 23.9 Å². The first-order chi connectivity index (χ1) is 20.4. The van der Waals surface area contributed by atoms with E-state index in [1.807, 2.05) is 36.4 Å². The molecule has 1 aliphatic carbocycles. The number of anilines is 1. The zero-order chi connectivity index (χ0) is 32.4. The van der Waals surface area contributed by atoms with E-state index in [0.717, 1.165) is 26.4 Å². The second-order valence-electron chi connectivity index (χ2n) is 8.52. The van der Waals surface area contributed by atoms with Crippen molar-refractivity contribution in [2.75, 3.05) is 25.7 Å². The Hall–Kier alpha value is -1.77. The highest BCUT2D eigenvalue weighted by atomic mass is 127. The molecule has 3 rings (SSSR count). The Morgan fingerprint density at radius 2 is 1.63 bits per heavy atom. The molecule has 0 aromatic heterocycles. The Bertz CT molecular complexity index is 1340. The number of carbonyl (C=O) groups excluding carboxylic acids is 2. The smallest absolute Gasteiger partial charge is 0.387 e. The van der Waals surface area contributed by atoms with Crippen LogP contribution >= 0.6 is 90.4 Å². The van der Waals surface area contributed by atoms with E-state index in [2.05, 4.69) is 111 Å². The fraction of sp³-hybridized carbons (Fsp3) is 0.321. The summed E-state index contributed by atoms with van der Waals surface area (Å²) in [5.41, 5.74) is 7.76. The molecule has 15 heteroatoms. The Morgan fingerprint density at radius 1 is 1.05 bits per heavy atom. The van der Waals surface area contributed by atoms with Gasteiger partial charge in [0.1, 0.15) is 5.70 Å². The molecule has 0 atom stereocenters. The van der Waals surface area contributed by atoms with Crippen LogP contribution in [0.2, 0.25) is 0 Å². The number of esters is 1. The predicted octanol–water partition coefficient (Wildman–Crippen LogP) is 6.50. The highest BCUT2D eigenvalue weighted by Gasteiger charge is 2.17. The molecular weight excluding hydrogens is 1010 g/mol. The van der Waals surface area contributed by atoms with Crippen LogP contribution in [0.5, 0.6) is 0 Å². The second kappa shape index (κ2) is 21.9. The maximum Gasteiger partial charge on any atom is 0.387 e. The third kappa shape index (κ3) is 16.8. The van der Waals surface area contributed by atoms with Gasteiger partial charge in [0.05, 0.1) is 18.9 Å². The monoisotopic (exact) mass is 1040 g/mol. The number of ether oxygens (including phenoxy) is 2. The van der Waals surface area contributed by atoms with Crippen molar-refractivity contribution in [3.8, 4) is 0 Å². The van der Waals surface area contributed by atoms with Crippen LogP contribution in [0.1, 0.15) is 39.0 Å². The fourth-order valence-corrected chi connectivity index (χ4v) is 7.17. The van der Waals surface area contributed by atoms with Crippen LogP contribution in [0.15, 0.2) is 59.5 Å². The lowest BCUT2D eigenvalue weighted by Gasteiger charge is -2.13. The highest BCUT2D eigenvalue weighted by molar-refractivity contribution is 14.1. The third-order valence-corrected chi connectivity index (χ3v) is 7.64. The van der Waals surface area contributed by atoms with Crippen LogP contribution < -0.4 is 16.0 Å². The Kier molecular flexibility index (Phi) is 19.9. The van der Waals surface area contributed by atoms with Crippen molar-refractivity contribution in [3.63, 3.8) is 0 Å². The van der Waals surface area contributed by atoms with Gasteiger partial charge < -0.3 is 25.1 Å². The summed E-state index contributed by atoms with van der Waals surface area (Å²) in [5, 5.41) is 28.1. The molecule has 232 valence electrons. The van der Waals surface area contributed by atoms with Gasteiger partial charge in [0, 0.05) is 46.4 Å². The van der Waals surface area contributed by atoms with Crippen molar-refractivity contribution < 1.29 is 34.1 Å². The van der Waals surface area contributed by atoms with Gasteiger partial charge >= 0.3 is 17.6 Å². The van der Waals surface area contributed by atoms with E-state index in [9.17, 15) is 19.5 Å². The van der Waals surface area contributed by atoms with Crippen LogP contribution in [-0.4, -0.2) is 43.2 Å². The first kappa shape index (κ1) is 39.3. The molecule has 0 bridgehead atoms. The first-order valence-electron chi connectivity index (χ1n) is 12.7. The topological polar surface area (TPSA) is 165 Å². The molecule has 0 radical (unpaired) electrons. The molecule has 11 nitrogen and oxygen atoms in total. The van der Waals surface area contributed by atoms with E-state index in [1.165, 1.54) is 13.2 Å². The summed E-state index contributed by atoms with van der Waals surface area (Å²) in [6.45, 7) is 2.00. The van der Waals surface area contributed by atoms with Gasteiger partial charge in [-0.15, -0.1) is 0 Å². The number of halogens is 4. The summed E-state index contributed by atoms with van der Waals surface area (Å²) in [6.07, 6.45) is 3.70. The van der Waals surface area contributed by atoms with Gasteiger partial charge in [-0.1, -0.05) is 11.8 Å². The molecule has 0 heterocycles. The summed E-state index contributed by atoms with van der Waals surface area (Å²) in [7, 11) is 1.46. The number of ketones is 1. The summed E-state index contributed by atoms with van der Waals surface area (Å²) in [4.78, 5) is 36.4. The summed E-state index contributed by atoms with van der Waals surface area (Å²) >= 11 is 8.76. The van der Waals surface area contributed by atoms with Gasteiger partial charge in [0.15, 0.2) is 10.8 Å². The average Bonchev–Trinajstić information content (AvgIpc) is 3.36. The minimum atomic E-state index is -0.917. The number of hydrogen-bond donors (Lipinski definition) is 3. The van der Waals surface area contributed by atoms with E-state index in [0.29, 0.717) is 24.1 Å². The number of benzene rings is 2. The molecule has 3 N–H and O–H groups in total.